The van der Waals surface area contributed by atoms with E-state index in [-0.39, 0.29) is 5.75 Å². The lowest BCUT2D eigenvalue weighted by atomic mass is 10.1. The molecule has 1 aromatic carbocycles. The Morgan fingerprint density at radius 1 is 1.35 bits per heavy atom. The van der Waals surface area contributed by atoms with Crippen molar-refractivity contribution >= 4 is 37.8 Å². The van der Waals surface area contributed by atoms with Gasteiger partial charge in [0.15, 0.2) is 0 Å². The van der Waals surface area contributed by atoms with Crippen LogP contribution in [0, 0.1) is 0 Å². The quantitative estimate of drug-likeness (QED) is 0.859. The first kappa shape index (κ1) is 14.5. The molecule has 1 aromatic rings. The summed E-state index contributed by atoms with van der Waals surface area (Å²) in [6.07, 6.45) is 0.375. The highest BCUT2D eigenvalue weighted by Crippen LogP contribution is 2.33. The zero-order valence-corrected chi connectivity index (χ0v) is 12.6. The van der Waals surface area contributed by atoms with Crippen LogP contribution in [0.4, 0.5) is 0 Å². The summed E-state index contributed by atoms with van der Waals surface area (Å²) in [5.74, 6) is -0.749. The average Bonchev–Trinajstić information content (AvgIpc) is 2.21. The molecule has 4 nitrogen and oxygen atoms in total. The number of rotatable bonds is 4. The van der Waals surface area contributed by atoms with Crippen molar-refractivity contribution in [2.24, 2.45) is 0 Å². The smallest absolute Gasteiger partial charge is 0.321 e. The third-order valence-corrected chi connectivity index (χ3v) is 3.62. The van der Waals surface area contributed by atoms with Crippen molar-refractivity contribution in [2.75, 3.05) is 14.1 Å². The lowest BCUT2D eigenvalue weighted by Gasteiger charge is -2.20. The number of benzene rings is 1. The third-order valence-electron chi connectivity index (χ3n) is 2.41. The van der Waals surface area contributed by atoms with Gasteiger partial charge in [0.1, 0.15) is 11.8 Å². The van der Waals surface area contributed by atoms with Crippen molar-refractivity contribution in [3.05, 3.63) is 26.6 Å². The van der Waals surface area contributed by atoms with E-state index in [9.17, 15) is 9.90 Å². The average molecular weight is 367 g/mol. The number of aromatic hydroxyl groups is 1. The van der Waals surface area contributed by atoms with E-state index in [0.717, 1.165) is 5.56 Å². The Kier molecular flexibility index (Phi) is 4.97. The number of hydrogen-bond donors (Lipinski definition) is 2. The number of carboxylic acids is 1. The summed E-state index contributed by atoms with van der Waals surface area (Å²) in [5.41, 5.74) is 0.836. The van der Waals surface area contributed by atoms with Gasteiger partial charge in [-0.2, -0.15) is 0 Å². The summed E-state index contributed by atoms with van der Waals surface area (Å²) in [7, 11) is 3.45. The summed E-state index contributed by atoms with van der Waals surface area (Å²) >= 11 is 6.44. The zero-order valence-electron chi connectivity index (χ0n) is 9.44. The second kappa shape index (κ2) is 5.84. The van der Waals surface area contributed by atoms with E-state index in [1.54, 1.807) is 31.1 Å². The van der Waals surface area contributed by atoms with Crippen molar-refractivity contribution in [1.29, 1.82) is 0 Å². The third kappa shape index (κ3) is 3.69. The first-order valence-corrected chi connectivity index (χ1v) is 6.47. The first-order chi connectivity index (χ1) is 7.82. The van der Waals surface area contributed by atoms with Gasteiger partial charge in [0.25, 0.3) is 0 Å². The molecule has 0 saturated carbocycles. The minimum absolute atomic E-state index is 0.116. The van der Waals surface area contributed by atoms with Gasteiger partial charge in [0, 0.05) is 0 Å². The highest BCUT2D eigenvalue weighted by atomic mass is 79.9. The molecule has 0 unspecified atom stereocenters. The molecule has 0 spiro atoms. The molecule has 0 fully saturated rings. The Labute approximate surface area is 117 Å². The Bertz CT molecular complexity index is 412. The van der Waals surface area contributed by atoms with Gasteiger partial charge in [0.2, 0.25) is 0 Å². The van der Waals surface area contributed by atoms with E-state index in [1.165, 1.54) is 0 Å². The Morgan fingerprint density at radius 3 is 2.18 bits per heavy atom. The SMILES string of the molecule is CN(C)[C@@H](Cc1cc(Br)c(O)c(Br)c1)C(=O)O. The number of hydrogen-bond acceptors (Lipinski definition) is 3. The molecule has 0 saturated heterocycles. The Balaban J connectivity index is 2.98. The molecule has 1 atom stereocenters. The minimum Gasteiger partial charge on any atom is -0.506 e. The summed E-state index contributed by atoms with van der Waals surface area (Å²) in [4.78, 5) is 12.7. The molecule has 1 rings (SSSR count). The van der Waals surface area contributed by atoms with Gasteiger partial charge in [-0.1, -0.05) is 0 Å². The zero-order chi connectivity index (χ0) is 13.2. The van der Waals surface area contributed by atoms with Crippen LogP contribution in [0.15, 0.2) is 21.1 Å². The monoisotopic (exact) mass is 365 g/mol. The van der Waals surface area contributed by atoms with Crippen molar-refractivity contribution < 1.29 is 15.0 Å². The number of carboxylic acid groups (broad SMARTS) is 1. The number of phenolic OH excluding ortho intramolecular Hbond substituents is 1. The lowest BCUT2D eigenvalue weighted by Crippen LogP contribution is -2.37. The van der Waals surface area contributed by atoms with Crippen LogP contribution in [0.25, 0.3) is 0 Å². The van der Waals surface area contributed by atoms with E-state index in [2.05, 4.69) is 31.9 Å². The van der Waals surface area contributed by atoms with Gasteiger partial charge in [-0.15, -0.1) is 0 Å². The minimum atomic E-state index is -0.865. The number of carbonyl (C=O) groups is 1. The van der Waals surface area contributed by atoms with Crippen LogP contribution in [-0.4, -0.2) is 41.2 Å². The molecule has 0 aliphatic rings. The number of halogens is 2. The molecule has 6 heteroatoms. The van der Waals surface area contributed by atoms with Crippen LogP contribution in [0.1, 0.15) is 5.56 Å². The van der Waals surface area contributed by atoms with Crippen molar-refractivity contribution in [3.63, 3.8) is 0 Å². The maximum absolute atomic E-state index is 11.1. The predicted octanol–water partition coefficient (Wildman–Crippen LogP) is 2.47. The lowest BCUT2D eigenvalue weighted by molar-refractivity contribution is -0.142. The van der Waals surface area contributed by atoms with Crippen LogP contribution in [0.5, 0.6) is 5.75 Å². The number of likely N-dealkylation sites (N-methyl/N-ethyl adjacent to an activating group) is 1. The molecule has 0 aromatic heterocycles. The van der Waals surface area contributed by atoms with Gasteiger partial charge < -0.3 is 10.2 Å². The fourth-order valence-electron chi connectivity index (χ4n) is 1.45. The number of phenols is 1. The van der Waals surface area contributed by atoms with E-state index in [1.807, 2.05) is 0 Å². The molecule has 0 radical (unpaired) electrons. The van der Waals surface area contributed by atoms with E-state index in [0.29, 0.717) is 15.4 Å². The molecule has 0 aliphatic carbocycles. The summed E-state index contributed by atoms with van der Waals surface area (Å²) in [6.45, 7) is 0. The maximum Gasteiger partial charge on any atom is 0.321 e. The molecule has 0 bridgehead atoms. The first-order valence-electron chi connectivity index (χ1n) is 4.89. The molecular weight excluding hydrogens is 354 g/mol. The molecular formula is C11H13Br2NO3. The van der Waals surface area contributed by atoms with Crippen molar-refractivity contribution in [1.82, 2.24) is 4.90 Å². The molecule has 0 heterocycles. The largest absolute Gasteiger partial charge is 0.506 e. The predicted molar refractivity (Wildman–Crippen MR) is 72.3 cm³/mol. The molecule has 0 amide bonds. The molecule has 17 heavy (non-hydrogen) atoms. The van der Waals surface area contributed by atoms with E-state index in [4.69, 9.17) is 5.11 Å². The molecule has 2 N–H and O–H groups in total. The summed E-state index contributed by atoms with van der Waals surface area (Å²) < 4.78 is 1.09. The van der Waals surface area contributed by atoms with Gasteiger partial charge in [-0.05, 0) is 70.1 Å². The number of nitrogens with zero attached hydrogens (tertiary/aromatic N) is 1. The van der Waals surface area contributed by atoms with Crippen molar-refractivity contribution in [2.45, 2.75) is 12.5 Å². The fourth-order valence-corrected chi connectivity index (χ4v) is 2.73. The molecule has 0 aliphatic heterocycles. The standard InChI is InChI=1S/C11H13Br2NO3/c1-14(2)9(11(16)17)5-6-3-7(12)10(15)8(13)4-6/h3-4,9,15H,5H2,1-2H3,(H,16,17)/t9-/m0/s1. The van der Waals surface area contributed by atoms with Crippen LogP contribution in [-0.2, 0) is 11.2 Å². The second-order valence-corrected chi connectivity index (χ2v) is 5.64. The summed E-state index contributed by atoms with van der Waals surface area (Å²) in [6, 6.07) is 2.86. The topological polar surface area (TPSA) is 60.8 Å². The van der Waals surface area contributed by atoms with Gasteiger partial charge in [0.05, 0.1) is 8.95 Å². The highest BCUT2D eigenvalue weighted by molar-refractivity contribution is 9.11. The normalized spacial score (nSPS) is 12.8. The second-order valence-electron chi connectivity index (χ2n) is 3.93. The van der Waals surface area contributed by atoms with Crippen LogP contribution >= 0.6 is 31.9 Å². The van der Waals surface area contributed by atoms with Crippen molar-refractivity contribution in [3.8, 4) is 5.75 Å². The fraction of sp³-hybridized carbons (Fsp3) is 0.364. The highest BCUT2D eigenvalue weighted by Gasteiger charge is 2.21. The Morgan fingerprint density at radius 2 is 1.82 bits per heavy atom. The van der Waals surface area contributed by atoms with Crippen LogP contribution in [0.3, 0.4) is 0 Å². The van der Waals surface area contributed by atoms with E-state index >= 15 is 0 Å². The van der Waals surface area contributed by atoms with E-state index < -0.39 is 12.0 Å². The molecule has 94 valence electrons. The Hall–Kier alpha value is -0.590. The van der Waals surface area contributed by atoms with Crippen LogP contribution in [0.2, 0.25) is 0 Å². The van der Waals surface area contributed by atoms with Crippen LogP contribution < -0.4 is 0 Å². The number of aliphatic carboxylic acids is 1. The summed E-state index contributed by atoms with van der Waals surface area (Å²) in [5, 5.41) is 18.6. The van der Waals surface area contributed by atoms with Gasteiger partial charge in [-0.3, -0.25) is 9.69 Å². The van der Waals surface area contributed by atoms with Gasteiger partial charge in [-0.25, -0.2) is 0 Å². The maximum atomic E-state index is 11.1. The van der Waals surface area contributed by atoms with Gasteiger partial charge >= 0.3 is 5.97 Å².